The van der Waals surface area contributed by atoms with Crippen LogP contribution >= 0.6 is 34.4 Å². The van der Waals surface area contributed by atoms with E-state index in [9.17, 15) is 4.79 Å². The second kappa shape index (κ2) is 6.68. The molecule has 5 heteroatoms. The van der Waals surface area contributed by atoms with E-state index in [0.717, 1.165) is 19.6 Å². The molecule has 1 heterocycles. The Balaban J connectivity index is 2.08. The molecule has 1 saturated heterocycles. The molecular weight excluding hydrogens is 313 g/mol. The van der Waals surface area contributed by atoms with Crippen molar-refractivity contribution >= 4 is 40.3 Å². The maximum atomic E-state index is 11.0. The van der Waals surface area contributed by atoms with Crippen LogP contribution in [0.15, 0.2) is 10.2 Å². The monoisotopic (exact) mass is 327 g/mol. The fourth-order valence-electron chi connectivity index (χ4n) is 1.17. The fraction of sp³-hybridized carbons (Fsp3) is 0.667. The van der Waals surface area contributed by atoms with Crippen LogP contribution in [-0.2, 0) is 9.53 Å². The van der Waals surface area contributed by atoms with E-state index in [-0.39, 0.29) is 5.97 Å². The molecule has 1 aliphatic heterocycles. The van der Waals surface area contributed by atoms with Crippen molar-refractivity contribution in [3.8, 4) is 0 Å². The van der Waals surface area contributed by atoms with Crippen molar-refractivity contribution in [3.63, 3.8) is 0 Å². The van der Waals surface area contributed by atoms with Gasteiger partial charge in [0.25, 0.3) is 0 Å². The first-order valence-electron chi connectivity index (χ1n) is 4.52. The van der Waals surface area contributed by atoms with Gasteiger partial charge in [-0.15, -0.1) is 0 Å². The maximum absolute atomic E-state index is 11.0. The summed E-state index contributed by atoms with van der Waals surface area (Å²) < 4.78 is 5.45. The first-order chi connectivity index (χ1) is 6.70. The fourth-order valence-corrected chi connectivity index (χ4v) is 2.30. The van der Waals surface area contributed by atoms with Crippen molar-refractivity contribution in [2.75, 3.05) is 37.7 Å². The van der Waals surface area contributed by atoms with Crippen LogP contribution < -0.4 is 0 Å². The summed E-state index contributed by atoms with van der Waals surface area (Å²) in [6.07, 6.45) is 0. The minimum atomic E-state index is -0.294. The van der Waals surface area contributed by atoms with Gasteiger partial charge in [0.15, 0.2) is 0 Å². The lowest BCUT2D eigenvalue weighted by Gasteiger charge is -2.25. The molecule has 3 nitrogen and oxygen atoms in total. The first kappa shape index (κ1) is 12.3. The van der Waals surface area contributed by atoms with Gasteiger partial charge in [-0.3, -0.25) is 4.90 Å². The molecule has 0 bridgehead atoms. The number of thioether (sulfide) groups is 1. The van der Waals surface area contributed by atoms with Crippen LogP contribution in [0.25, 0.3) is 0 Å². The number of nitrogens with zero attached hydrogens (tertiary/aromatic N) is 1. The predicted octanol–water partition coefficient (Wildman–Crippen LogP) is 1.53. The number of carbonyl (C=O) groups excluding carboxylic acids is 1. The van der Waals surface area contributed by atoms with Gasteiger partial charge < -0.3 is 4.74 Å². The van der Waals surface area contributed by atoms with Crippen molar-refractivity contribution < 1.29 is 9.53 Å². The maximum Gasteiger partial charge on any atom is 0.343 e. The van der Waals surface area contributed by atoms with E-state index >= 15 is 0 Å². The second-order valence-corrected chi connectivity index (χ2v) is 5.52. The van der Waals surface area contributed by atoms with E-state index in [1.165, 1.54) is 11.5 Å². The summed E-state index contributed by atoms with van der Waals surface area (Å²) in [7, 11) is 0. The highest BCUT2D eigenvalue weighted by atomic mass is 127. The van der Waals surface area contributed by atoms with Crippen LogP contribution in [0.5, 0.6) is 0 Å². The van der Waals surface area contributed by atoms with Crippen molar-refractivity contribution in [1.82, 2.24) is 4.90 Å². The first-order valence-corrected chi connectivity index (χ1v) is 6.75. The smallest absolute Gasteiger partial charge is 0.343 e. The molecule has 0 aromatic carbocycles. The zero-order valence-electron chi connectivity index (χ0n) is 8.00. The number of ether oxygens (including phenoxy) is 1. The van der Waals surface area contributed by atoms with E-state index in [1.54, 1.807) is 0 Å². The van der Waals surface area contributed by atoms with Gasteiger partial charge in [0.05, 0.1) is 3.58 Å². The number of halogens is 1. The Kier molecular flexibility index (Phi) is 5.88. The van der Waals surface area contributed by atoms with Gasteiger partial charge in [0.2, 0.25) is 0 Å². The quantitative estimate of drug-likeness (QED) is 0.445. The van der Waals surface area contributed by atoms with Crippen LogP contribution in [0, 0.1) is 0 Å². The minimum absolute atomic E-state index is 0.294. The summed E-state index contributed by atoms with van der Waals surface area (Å²) in [6.45, 7) is 7.05. The van der Waals surface area contributed by atoms with Crippen LogP contribution in [0.1, 0.15) is 0 Å². The molecule has 1 rings (SSSR count). The molecule has 0 radical (unpaired) electrons. The zero-order chi connectivity index (χ0) is 10.4. The molecule has 1 fully saturated rings. The molecule has 0 amide bonds. The average molecular weight is 327 g/mol. The topological polar surface area (TPSA) is 29.5 Å². The van der Waals surface area contributed by atoms with E-state index in [4.69, 9.17) is 4.74 Å². The highest BCUT2D eigenvalue weighted by molar-refractivity contribution is 14.1. The number of hydrogen-bond acceptors (Lipinski definition) is 4. The Morgan fingerprint density at radius 2 is 2.14 bits per heavy atom. The third-order valence-corrected chi connectivity index (χ3v) is 3.35. The van der Waals surface area contributed by atoms with Gasteiger partial charge in [0.1, 0.15) is 6.61 Å². The summed E-state index contributed by atoms with van der Waals surface area (Å²) in [5.74, 6) is 2.08. The molecule has 0 aromatic rings. The molecule has 1 aliphatic rings. The highest BCUT2D eigenvalue weighted by Gasteiger charge is 2.11. The highest BCUT2D eigenvalue weighted by Crippen LogP contribution is 2.09. The van der Waals surface area contributed by atoms with Gasteiger partial charge in [-0.2, -0.15) is 11.8 Å². The van der Waals surface area contributed by atoms with E-state index in [2.05, 4.69) is 11.5 Å². The summed E-state index contributed by atoms with van der Waals surface area (Å²) in [5.41, 5.74) is 0. The SMILES string of the molecule is C=C(I)C(=O)OCCN1CCSCC1. The van der Waals surface area contributed by atoms with Crippen LogP contribution in [0.2, 0.25) is 0 Å². The zero-order valence-corrected chi connectivity index (χ0v) is 11.0. The number of esters is 1. The van der Waals surface area contributed by atoms with Crippen molar-refractivity contribution in [2.24, 2.45) is 0 Å². The van der Waals surface area contributed by atoms with Gasteiger partial charge >= 0.3 is 5.97 Å². The lowest BCUT2D eigenvalue weighted by Crippen LogP contribution is -2.35. The lowest BCUT2D eigenvalue weighted by atomic mass is 10.5. The molecule has 80 valence electrons. The number of hydrogen-bond donors (Lipinski definition) is 0. The van der Waals surface area contributed by atoms with Crippen LogP contribution in [-0.4, -0.2) is 48.6 Å². The Hall–Kier alpha value is 0.250. The molecule has 0 saturated carbocycles. The Morgan fingerprint density at radius 1 is 1.50 bits per heavy atom. The average Bonchev–Trinajstić information content (AvgIpc) is 2.19. The third-order valence-electron chi connectivity index (χ3n) is 1.97. The Bertz CT molecular complexity index is 217. The Labute approximate surface area is 102 Å². The predicted molar refractivity (Wildman–Crippen MR) is 67.9 cm³/mol. The molecule has 0 spiro atoms. The lowest BCUT2D eigenvalue weighted by molar-refractivity contribution is -0.138. The normalized spacial score (nSPS) is 17.8. The standard InChI is InChI=1S/C9H14INO2S/c1-8(10)9(12)13-5-2-11-3-6-14-7-4-11/h1-7H2. The molecule has 0 atom stereocenters. The molecule has 0 aromatic heterocycles. The van der Waals surface area contributed by atoms with Crippen molar-refractivity contribution in [1.29, 1.82) is 0 Å². The summed E-state index contributed by atoms with van der Waals surface area (Å²) in [4.78, 5) is 13.4. The van der Waals surface area contributed by atoms with Gasteiger partial charge in [0, 0.05) is 31.1 Å². The Morgan fingerprint density at radius 3 is 2.71 bits per heavy atom. The number of rotatable bonds is 4. The van der Waals surface area contributed by atoms with Crippen LogP contribution in [0.4, 0.5) is 0 Å². The van der Waals surface area contributed by atoms with Crippen molar-refractivity contribution in [3.05, 3.63) is 10.2 Å². The third kappa shape index (κ3) is 4.65. The van der Waals surface area contributed by atoms with E-state index in [1.807, 2.05) is 34.4 Å². The number of carbonyl (C=O) groups is 1. The van der Waals surface area contributed by atoms with E-state index < -0.39 is 0 Å². The van der Waals surface area contributed by atoms with Gasteiger partial charge in [-0.05, 0) is 22.6 Å². The molecule has 0 unspecified atom stereocenters. The minimum Gasteiger partial charge on any atom is -0.460 e. The largest absolute Gasteiger partial charge is 0.460 e. The van der Waals surface area contributed by atoms with Gasteiger partial charge in [-0.25, -0.2) is 4.79 Å². The molecule has 0 aliphatic carbocycles. The molecular formula is C9H14INO2S. The molecule has 0 N–H and O–H groups in total. The van der Waals surface area contributed by atoms with Crippen LogP contribution in [0.3, 0.4) is 0 Å². The van der Waals surface area contributed by atoms with Crippen molar-refractivity contribution in [2.45, 2.75) is 0 Å². The summed E-state index contributed by atoms with van der Waals surface area (Å²) in [6, 6.07) is 0. The van der Waals surface area contributed by atoms with Gasteiger partial charge in [-0.1, -0.05) is 6.58 Å². The summed E-state index contributed by atoms with van der Waals surface area (Å²) >= 11 is 3.86. The summed E-state index contributed by atoms with van der Waals surface area (Å²) in [5, 5.41) is 0. The molecule has 14 heavy (non-hydrogen) atoms. The van der Waals surface area contributed by atoms with E-state index in [0.29, 0.717) is 10.2 Å². The second-order valence-electron chi connectivity index (χ2n) is 2.99.